The third kappa shape index (κ3) is 3.44. The van der Waals surface area contributed by atoms with Crippen LogP contribution in [-0.4, -0.2) is 15.8 Å². The molecule has 2 N–H and O–H groups in total. The van der Waals surface area contributed by atoms with Gasteiger partial charge in [-0.15, -0.1) is 0 Å². The third-order valence-electron chi connectivity index (χ3n) is 3.29. The third-order valence-corrected chi connectivity index (χ3v) is 3.29. The van der Waals surface area contributed by atoms with Gasteiger partial charge >= 0.3 is 11.2 Å². The van der Waals surface area contributed by atoms with Crippen molar-refractivity contribution in [1.82, 2.24) is 10.3 Å². The van der Waals surface area contributed by atoms with E-state index in [-0.39, 0.29) is 16.7 Å². The number of nitriles is 1. The number of aromatic amines is 1. The summed E-state index contributed by atoms with van der Waals surface area (Å²) < 4.78 is 13.9. The van der Waals surface area contributed by atoms with Crippen molar-refractivity contribution in [3.63, 3.8) is 0 Å². The summed E-state index contributed by atoms with van der Waals surface area (Å²) in [5.74, 6) is -1.38. The smallest absolute Gasteiger partial charge is 0.334 e. The lowest BCUT2D eigenvalue weighted by molar-refractivity contribution is -0.386. The Kier molecular flexibility index (Phi) is 4.70. The van der Waals surface area contributed by atoms with Gasteiger partial charge in [0.05, 0.1) is 28.2 Å². The first kappa shape index (κ1) is 16.8. The van der Waals surface area contributed by atoms with Crippen molar-refractivity contribution < 1.29 is 14.1 Å². The summed E-state index contributed by atoms with van der Waals surface area (Å²) in [6.45, 7) is 1.52. The molecule has 9 heteroatoms. The summed E-state index contributed by atoms with van der Waals surface area (Å²) in [5.41, 5.74) is -1.53. The molecule has 0 aliphatic carbocycles. The van der Waals surface area contributed by atoms with Crippen molar-refractivity contribution in [1.29, 1.82) is 5.26 Å². The molecule has 0 fully saturated rings. The van der Waals surface area contributed by atoms with Crippen molar-refractivity contribution in [3.8, 4) is 6.07 Å². The number of nitro groups is 1. The van der Waals surface area contributed by atoms with Crippen LogP contribution < -0.4 is 10.9 Å². The van der Waals surface area contributed by atoms with Crippen LogP contribution in [0.25, 0.3) is 0 Å². The number of amides is 1. The fourth-order valence-corrected chi connectivity index (χ4v) is 2.04. The van der Waals surface area contributed by atoms with Crippen LogP contribution in [0.2, 0.25) is 0 Å². The lowest BCUT2D eigenvalue weighted by atomic mass is 10.1. The number of nitrogens with one attached hydrogen (secondary N) is 2. The molecule has 1 heterocycles. The van der Waals surface area contributed by atoms with Crippen molar-refractivity contribution in [3.05, 3.63) is 73.4 Å². The van der Waals surface area contributed by atoms with Crippen LogP contribution in [0.1, 0.15) is 34.5 Å². The first-order valence-electron chi connectivity index (χ1n) is 6.71. The van der Waals surface area contributed by atoms with Gasteiger partial charge < -0.3 is 10.3 Å². The van der Waals surface area contributed by atoms with E-state index in [4.69, 9.17) is 5.26 Å². The molecule has 24 heavy (non-hydrogen) atoms. The molecular formula is C15H11FN4O4. The van der Waals surface area contributed by atoms with E-state index in [0.29, 0.717) is 0 Å². The van der Waals surface area contributed by atoms with E-state index in [1.165, 1.54) is 19.1 Å². The molecule has 1 amide bonds. The lowest BCUT2D eigenvalue weighted by Gasteiger charge is -2.15. The molecule has 0 saturated carbocycles. The Hall–Kier alpha value is -3.54. The molecule has 0 spiro atoms. The SMILES string of the molecule is C[C@H](NC(=O)c1c[nH]c(=O)c([N+](=O)[O-])c1)c1ccc(C#N)cc1F. The zero-order chi connectivity index (χ0) is 17.9. The fourth-order valence-electron chi connectivity index (χ4n) is 2.04. The van der Waals surface area contributed by atoms with Gasteiger partial charge in [0.2, 0.25) is 0 Å². The highest BCUT2D eigenvalue weighted by Gasteiger charge is 2.19. The largest absolute Gasteiger partial charge is 0.345 e. The summed E-state index contributed by atoms with van der Waals surface area (Å²) in [7, 11) is 0. The van der Waals surface area contributed by atoms with Crippen LogP contribution in [0, 0.1) is 27.3 Å². The minimum atomic E-state index is -0.928. The maximum absolute atomic E-state index is 13.9. The summed E-state index contributed by atoms with van der Waals surface area (Å²) in [6, 6.07) is 5.71. The molecule has 122 valence electrons. The van der Waals surface area contributed by atoms with Gasteiger partial charge in [0.25, 0.3) is 5.91 Å². The predicted octanol–water partition coefficient (Wildman–Crippen LogP) is 1.78. The number of benzene rings is 1. The predicted molar refractivity (Wildman–Crippen MR) is 80.7 cm³/mol. The number of H-pyrrole nitrogens is 1. The highest BCUT2D eigenvalue weighted by molar-refractivity contribution is 5.94. The second-order valence-electron chi connectivity index (χ2n) is 4.90. The van der Waals surface area contributed by atoms with Crippen LogP contribution in [0.15, 0.2) is 35.3 Å². The Morgan fingerprint density at radius 3 is 2.75 bits per heavy atom. The molecule has 0 bridgehead atoms. The van der Waals surface area contributed by atoms with Crippen molar-refractivity contribution >= 4 is 11.6 Å². The average molecular weight is 330 g/mol. The van der Waals surface area contributed by atoms with Crippen molar-refractivity contribution in [2.45, 2.75) is 13.0 Å². The van der Waals surface area contributed by atoms with E-state index in [1.807, 2.05) is 0 Å². The van der Waals surface area contributed by atoms with E-state index < -0.39 is 33.9 Å². The van der Waals surface area contributed by atoms with Gasteiger partial charge in [0.1, 0.15) is 5.82 Å². The highest BCUT2D eigenvalue weighted by atomic mass is 19.1. The highest BCUT2D eigenvalue weighted by Crippen LogP contribution is 2.18. The first-order valence-corrected chi connectivity index (χ1v) is 6.71. The molecule has 2 aromatic rings. The number of halogens is 1. The van der Waals surface area contributed by atoms with Gasteiger partial charge in [-0.3, -0.25) is 19.7 Å². The number of rotatable bonds is 4. The van der Waals surface area contributed by atoms with E-state index in [0.717, 1.165) is 18.3 Å². The molecule has 1 atom stereocenters. The Morgan fingerprint density at radius 2 is 2.17 bits per heavy atom. The van der Waals surface area contributed by atoms with Gasteiger partial charge in [0.15, 0.2) is 0 Å². The first-order chi connectivity index (χ1) is 11.3. The Morgan fingerprint density at radius 1 is 1.46 bits per heavy atom. The van der Waals surface area contributed by atoms with Crippen LogP contribution in [0.3, 0.4) is 0 Å². The molecule has 0 unspecified atom stereocenters. The number of hydrogen-bond donors (Lipinski definition) is 2. The molecular weight excluding hydrogens is 319 g/mol. The Labute approximate surface area is 134 Å². The molecule has 0 aliphatic rings. The summed E-state index contributed by atoms with van der Waals surface area (Å²) in [4.78, 5) is 35.3. The second kappa shape index (κ2) is 6.70. The van der Waals surface area contributed by atoms with E-state index in [1.54, 1.807) is 6.07 Å². The zero-order valence-corrected chi connectivity index (χ0v) is 12.4. The number of nitrogens with zero attached hydrogens (tertiary/aromatic N) is 2. The van der Waals surface area contributed by atoms with Crippen LogP contribution in [-0.2, 0) is 0 Å². The van der Waals surface area contributed by atoms with E-state index in [2.05, 4.69) is 10.3 Å². The molecule has 1 aromatic heterocycles. The van der Waals surface area contributed by atoms with Crippen LogP contribution >= 0.6 is 0 Å². The van der Waals surface area contributed by atoms with Crippen molar-refractivity contribution in [2.24, 2.45) is 0 Å². The minimum Gasteiger partial charge on any atom is -0.345 e. The number of pyridine rings is 1. The number of carbonyl (C=O) groups is 1. The monoisotopic (exact) mass is 330 g/mol. The number of hydrogen-bond acceptors (Lipinski definition) is 5. The molecule has 2 rings (SSSR count). The average Bonchev–Trinajstić information content (AvgIpc) is 2.54. The summed E-state index contributed by atoms with van der Waals surface area (Å²) >= 11 is 0. The molecule has 0 aliphatic heterocycles. The fraction of sp³-hybridized carbons (Fsp3) is 0.133. The summed E-state index contributed by atoms with van der Waals surface area (Å²) in [5, 5.41) is 21.9. The van der Waals surface area contributed by atoms with Crippen LogP contribution in [0.4, 0.5) is 10.1 Å². The van der Waals surface area contributed by atoms with Gasteiger partial charge in [-0.05, 0) is 19.1 Å². The number of aromatic nitrogens is 1. The Balaban J connectivity index is 2.24. The van der Waals surface area contributed by atoms with Crippen molar-refractivity contribution in [2.75, 3.05) is 0 Å². The van der Waals surface area contributed by atoms with Crippen LogP contribution in [0.5, 0.6) is 0 Å². The maximum Gasteiger partial charge on any atom is 0.334 e. The molecule has 0 saturated heterocycles. The molecule has 1 aromatic carbocycles. The minimum absolute atomic E-state index is 0.137. The van der Waals surface area contributed by atoms with E-state index >= 15 is 0 Å². The lowest BCUT2D eigenvalue weighted by Crippen LogP contribution is -2.28. The van der Waals surface area contributed by atoms with Gasteiger partial charge in [-0.2, -0.15) is 5.26 Å². The number of carbonyl (C=O) groups excluding carboxylic acids is 1. The normalized spacial score (nSPS) is 11.4. The van der Waals surface area contributed by atoms with Gasteiger partial charge in [0, 0.05) is 17.8 Å². The second-order valence-corrected chi connectivity index (χ2v) is 4.90. The Bertz CT molecular complexity index is 916. The summed E-state index contributed by atoms with van der Waals surface area (Å²) in [6.07, 6.45) is 1.03. The zero-order valence-electron chi connectivity index (χ0n) is 12.4. The van der Waals surface area contributed by atoms with E-state index in [9.17, 15) is 24.1 Å². The molecule has 0 radical (unpaired) electrons. The maximum atomic E-state index is 13.9. The molecule has 8 nitrogen and oxygen atoms in total. The van der Waals surface area contributed by atoms with Gasteiger partial charge in [-0.25, -0.2) is 4.39 Å². The topological polar surface area (TPSA) is 129 Å². The standard InChI is InChI=1S/C15H11FN4O4/c1-8(11-3-2-9(6-17)4-12(11)16)19-14(21)10-5-13(20(23)24)15(22)18-7-10/h2-5,7-8H,1H3,(H,18,22)(H,19,21)/t8-/m0/s1. The van der Waals surface area contributed by atoms with Gasteiger partial charge in [-0.1, -0.05) is 6.07 Å². The quantitative estimate of drug-likeness (QED) is 0.652.